The summed E-state index contributed by atoms with van der Waals surface area (Å²) in [7, 11) is 0. The molecule has 0 heterocycles. The average molecular weight is 433 g/mol. The molecular formula is C16H27N5O9. The molecular weight excluding hydrogens is 406 g/mol. The van der Waals surface area contributed by atoms with Gasteiger partial charge < -0.3 is 42.7 Å². The van der Waals surface area contributed by atoms with E-state index in [1.807, 2.05) is 0 Å². The molecule has 170 valence electrons. The molecule has 0 unspecified atom stereocenters. The predicted molar refractivity (Wildman–Crippen MR) is 99.9 cm³/mol. The molecule has 0 radical (unpaired) electrons. The number of aliphatic carboxylic acids is 3. The van der Waals surface area contributed by atoms with Gasteiger partial charge in [0.05, 0.1) is 25.4 Å². The Morgan fingerprint density at radius 1 is 0.800 bits per heavy atom. The fourth-order valence-electron chi connectivity index (χ4n) is 2.23. The van der Waals surface area contributed by atoms with Crippen molar-refractivity contribution in [2.45, 2.75) is 50.2 Å². The van der Waals surface area contributed by atoms with Crippen molar-refractivity contribution in [1.29, 1.82) is 0 Å². The Balaban J connectivity index is 4.88. The Morgan fingerprint density at radius 2 is 1.40 bits per heavy atom. The van der Waals surface area contributed by atoms with E-state index < -0.39 is 73.1 Å². The lowest BCUT2D eigenvalue weighted by molar-refractivity contribution is -0.143. The number of carboxylic acids is 3. The van der Waals surface area contributed by atoms with Gasteiger partial charge in [0.1, 0.15) is 12.1 Å². The van der Waals surface area contributed by atoms with Gasteiger partial charge in [0.2, 0.25) is 17.7 Å². The van der Waals surface area contributed by atoms with Crippen LogP contribution in [-0.4, -0.2) is 82.2 Å². The number of hydrogen-bond acceptors (Lipinski definition) is 8. The van der Waals surface area contributed by atoms with Crippen LogP contribution < -0.4 is 27.4 Å². The van der Waals surface area contributed by atoms with Crippen LogP contribution in [0, 0.1) is 0 Å². The zero-order chi connectivity index (χ0) is 23.3. The lowest BCUT2D eigenvalue weighted by Crippen LogP contribution is -2.54. The first kappa shape index (κ1) is 26.7. The number of carboxylic acid groups (broad SMARTS) is 3. The molecule has 0 aliphatic rings. The van der Waals surface area contributed by atoms with Gasteiger partial charge >= 0.3 is 17.9 Å². The van der Waals surface area contributed by atoms with Crippen LogP contribution in [0.4, 0.5) is 0 Å². The summed E-state index contributed by atoms with van der Waals surface area (Å²) in [6.07, 6.45) is -0.508. The van der Waals surface area contributed by atoms with Crippen molar-refractivity contribution < 1.29 is 44.1 Å². The van der Waals surface area contributed by atoms with Crippen LogP contribution in [0.25, 0.3) is 0 Å². The summed E-state index contributed by atoms with van der Waals surface area (Å²) < 4.78 is 0. The number of nitrogens with one attached hydrogen (secondary N) is 3. The van der Waals surface area contributed by atoms with Crippen molar-refractivity contribution in [3.05, 3.63) is 0 Å². The number of amides is 3. The molecule has 3 amide bonds. The van der Waals surface area contributed by atoms with Gasteiger partial charge in [0, 0.05) is 0 Å². The van der Waals surface area contributed by atoms with Crippen LogP contribution in [0.15, 0.2) is 0 Å². The fourth-order valence-corrected chi connectivity index (χ4v) is 2.23. The smallest absolute Gasteiger partial charge is 0.326 e. The van der Waals surface area contributed by atoms with Crippen molar-refractivity contribution in [3.8, 4) is 0 Å². The number of carbonyl (C=O) groups is 6. The first-order valence-corrected chi connectivity index (χ1v) is 8.97. The molecule has 14 heteroatoms. The number of nitrogens with two attached hydrogens (primary N) is 2. The minimum atomic E-state index is -1.60. The maximum Gasteiger partial charge on any atom is 0.326 e. The van der Waals surface area contributed by atoms with E-state index in [1.165, 1.54) is 0 Å². The summed E-state index contributed by atoms with van der Waals surface area (Å²) in [5.74, 6) is -7.00. The summed E-state index contributed by atoms with van der Waals surface area (Å²) in [5.41, 5.74) is 10.7. The molecule has 3 atom stereocenters. The van der Waals surface area contributed by atoms with Crippen LogP contribution >= 0.6 is 0 Å². The first-order valence-electron chi connectivity index (χ1n) is 8.97. The van der Waals surface area contributed by atoms with E-state index in [9.17, 15) is 33.9 Å². The first-order chi connectivity index (χ1) is 14.0. The van der Waals surface area contributed by atoms with Gasteiger partial charge in [0.15, 0.2) is 0 Å². The molecule has 30 heavy (non-hydrogen) atoms. The monoisotopic (exact) mass is 433 g/mol. The van der Waals surface area contributed by atoms with Gasteiger partial charge in [-0.2, -0.15) is 0 Å². The third-order valence-electron chi connectivity index (χ3n) is 3.75. The van der Waals surface area contributed by atoms with Crippen LogP contribution in [0.1, 0.15) is 32.1 Å². The molecule has 0 bridgehead atoms. The van der Waals surface area contributed by atoms with Crippen molar-refractivity contribution in [2.75, 3.05) is 13.1 Å². The van der Waals surface area contributed by atoms with Crippen molar-refractivity contribution in [1.82, 2.24) is 16.0 Å². The SMILES string of the molecule is NCCCC[C@H](NC(=O)[C@H](CC(=O)O)NC(=O)CNC(=O)[C@@H](N)CC(=O)O)C(=O)O. The van der Waals surface area contributed by atoms with Gasteiger partial charge in [-0.25, -0.2) is 4.79 Å². The highest BCUT2D eigenvalue weighted by Gasteiger charge is 2.28. The Bertz CT molecular complexity index is 655. The zero-order valence-electron chi connectivity index (χ0n) is 16.1. The Hall–Kier alpha value is -3.26. The topological polar surface area (TPSA) is 251 Å². The van der Waals surface area contributed by atoms with Crippen molar-refractivity contribution in [2.24, 2.45) is 11.5 Å². The molecule has 0 aromatic carbocycles. The minimum Gasteiger partial charge on any atom is -0.481 e. The quantitative estimate of drug-likeness (QED) is 0.118. The van der Waals surface area contributed by atoms with E-state index in [4.69, 9.17) is 21.7 Å². The van der Waals surface area contributed by atoms with E-state index >= 15 is 0 Å². The van der Waals surface area contributed by atoms with E-state index in [1.54, 1.807) is 0 Å². The third kappa shape index (κ3) is 11.6. The van der Waals surface area contributed by atoms with Gasteiger partial charge in [-0.15, -0.1) is 0 Å². The fraction of sp³-hybridized carbons (Fsp3) is 0.625. The van der Waals surface area contributed by atoms with Crippen LogP contribution in [-0.2, 0) is 28.8 Å². The largest absolute Gasteiger partial charge is 0.481 e. The normalized spacial score (nSPS) is 13.4. The summed E-state index contributed by atoms with van der Waals surface area (Å²) in [6, 6.07) is -4.31. The molecule has 14 nitrogen and oxygen atoms in total. The average Bonchev–Trinajstić information content (AvgIpc) is 2.63. The van der Waals surface area contributed by atoms with Gasteiger partial charge in [-0.05, 0) is 25.8 Å². The highest BCUT2D eigenvalue weighted by atomic mass is 16.4. The van der Waals surface area contributed by atoms with E-state index in [0.29, 0.717) is 19.4 Å². The molecule has 0 saturated carbocycles. The zero-order valence-corrected chi connectivity index (χ0v) is 16.1. The maximum atomic E-state index is 12.3. The summed E-state index contributed by atoms with van der Waals surface area (Å²) in [5, 5.41) is 33.0. The van der Waals surface area contributed by atoms with Crippen LogP contribution in [0.5, 0.6) is 0 Å². The van der Waals surface area contributed by atoms with Gasteiger partial charge in [-0.3, -0.25) is 24.0 Å². The van der Waals surface area contributed by atoms with Crippen LogP contribution in [0.2, 0.25) is 0 Å². The number of unbranched alkanes of at least 4 members (excludes halogenated alkanes) is 1. The Labute approximate surface area is 171 Å². The van der Waals surface area contributed by atoms with Gasteiger partial charge in [-0.1, -0.05) is 0 Å². The van der Waals surface area contributed by atoms with E-state index in [0.717, 1.165) is 0 Å². The molecule has 0 aromatic heterocycles. The number of carbonyl (C=O) groups excluding carboxylic acids is 3. The standard InChI is InChI=1S/C16H27N5O9/c17-4-2-1-3-9(16(29)30)21-15(28)10(6-13(25)26)20-11(22)7-19-14(27)8(18)5-12(23)24/h8-10H,1-7,17-18H2,(H,19,27)(H,20,22)(H,21,28)(H,23,24)(H,25,26)(H,29,30)/t8-,9-,10-/m0/s1. The summed E-state index contributed by atoms with van der Waals surface area (Å²) >= 11 is 0. The van der Waals surface area contributed by atoms with Gasteiger partial charge in [0.25, 0.3) is 0 Å². The lowest BCUT2D eigenvalue weighted by Gasteiger charge is -2.20. The molecule has 0 aliphatic carbocycles. The second-order valence-electron chi connectivity index (χ2n) is 6.32. The second kappa shape index (κ2) is 13.8. The Kier molecular flexibility index (Phi) is 12.3. The van der Waals surface area contributed by atoms with E-state index in [2.05, 4.69) is 16.0 Å². The second-order valence-corrected chi connectivity index (χ2v) is 6.32. The highest BCUT2D eigenvalue weighted by Crippen LogP contribution is 2.03. The minimum absolute atomic E-state index is 0.0591. The molecule has 0 rings (SSSR count). The highest BCUT2D eigenvalue weighted by molar-refractivity contribution is 5.94. The molecule has 0 spiro atoms. The summed E-state index contributed by atoms with van der Waals surface area (Å²) in [6.45, 7) is -0.367. The lowest BCUT2D eigenvalue weighted by atomic mass is 10.1. The molecule has 0 aliphatic heterocycles. The van der Waals surface area contributed by atoms with Crippen molar-refractivity contribution in [3.63, 3.8) is 0 Å². The maximum absolute atomic E-state index is 12.3. The molecule has 0 fully saturated rings. The van der Waals surface area contributed by atoms with Crippen LogP contribution in [0.3, 0.4) is 0 Å². The molecule has 10 N–H and O–H groups in total. The third-order valence-corrected chi connectivity index (χ3v) is 3.75. The van der Waals surface area contributed by atoms with Crippen molar-refractivity contribution >= 4 is 35.6 Å². The number of rotatable bonds is 15. The van der Waals surface area contributed by atoms with E-state index in [-0.39, 0.29) is 6.42 Å². The molecule has 0 aromatic rings. The molecule has 0 saturated heterocycles. The number of hydrogen-bond donors (Lipinski definition) is 8. The Morgan fingerprint density at radius 3 is 1.90 bits per heavy atom. The predicted octanol–water partition coefficient (Wildman–Crippen LogP) is -3.44. The summed E-state index contributed by atoms with van der Waals surface area (Å²) in [4.78, 5) is 68.6.